The van der Waals surface area contributed by atoms with Crippen LogP contribution in [-0.2, 0) is 11.2 Å². The number of carbonyl (C=O) groups excluding carboxylic acids is 1. The van der Waals surface area contributed by atoms with Crippen molar-refractivity contribution in [3.8, 4) is 0 Å². The second-order valence-electron chi connectivity index (χ2n) is 6.13. The number of amides is 1. The molecule has 0 fully saturated rings. The Morgan fingerprint density at radius 2 is 2.11 bits per heavy atom. The number of anilines is 1. The fourth-order valence-electron chi connectivity index (χ4n) is 2.93. The summed E-state index contributed by atoms with van der Waals surface area (Å²) in [6, 6.07) is 9.77. The van der Waals surface area contributed by atoms with Crippen LogP contribution in [0.2, 0.25) is 5.02 Å². The van der Waals surface area contributed by atoms with Crippen LogP contribution in [0.5, 0.6) is 0 Å². The number of halogens is 1. The van der Waals surface area contributed by atoms with Crippen LogP contribution in [-0.4, -0.2) is 26.3 Å². The molecule has 5 nitrogen and oxygen atoms in total. The summed E-state index contributed by atoms with van der Waals surface area (Å²) in [6.45, 7) is 4.02. The number of nitrogens with zero attached hydrogens (tertiary/aromatic N) is 3. The SMILES string of the molecule is CCc1nnc(SCC(=O)Nc2ccc(C)cc2Cl)c2cc3sccc3n12. The number of benzene rings is 1. The smallest absolute Gasteiger partial charge is 0.234 e. The highest BCUT2D eigenvalue weighted by molar-refractivity contribution is 8.00. The quantitative estimate of drug-likeness (QED) is 0.454. The second kappa shape index (κ2) is 7.50. The van der Waals surface area contributed by atoms with Gasteiger partial charge in [0.05, 0.1) is 32.2 Å². The van der Waals surface area contributed by atoms with E-state index in [1.165, 1.54) is 16.5 Å². The highest BCUT2D eigenvalue weighted by Crippen LogP contribution is 2.31. The normalized spacial score (nSPS) is 11.4. The van der Waals surface area contributed by atoms with E-state index in [0.717, 1.165) is 33.9 Å². The van der Waals surface area contributed by atoms with Crippen LogP contribution in [0.1, 0.15) is 18.3 Å². The number of nitrogens with one attached hydrogen (secondary N) is 1. The Bertz CT molecular complexity index is 1150. The summed E-state index contributed by atoms with van der Waals surface area (Å²) in [6.07, 6.45) is 0.792. The van der Waals surface area contributed by atoms with Crippen LogP contribution in [0.25, 0.3) is 15.7 Å². The third-order valence-corrected chi connectivity index (χ3v) is 6.35. The molecule has 0 spiro atoms. The summed E-state index contributed by atoms with van der Waals surface area (Å²) in [5.74, 6) is 1.02. The number of fused-ring (bicyclic) bond motifs is 3. The number of hydrogen-bond donors (Lipinski definition) is 1. The predicted molar refractivity (Wildman–Crippen MR) is 113 cm³/mol. The fraction of sp³-hybridized carbons (Fsp3) is 0.211. The van der Waals surface area contributed by atoms with Crippen molar-refractivity contribution in [3.63, 3.8) is 0 Å². The number of thioether (sulfide) groups is 1. The third-order valence-electron chi connectivity index (χ3n) is 4.21. The third kappa shape index (κ3) is 3.54. The van der Waals surface area contributed by atoms with Gasteiger partial charge >= 0.3 is 0 Å². The van der Waals surface area contributed by atoms with Crippen LogP contribution in [0, 0.1) is 6.92 Å². The van der Waals surface area contributed by atoms with Crippen molar-refractivity contribution in [2.24, 2.45) is 0 Å². The van der Waals surface area contributed by atoms with Crippen molar-refractivity contribution < 1.29 is 4.79 Å². The van der Waals surface area contributed by atoms with Gasteiger partial charge in [0.2, 0.25) is 5.91 Å². The van der Waals surface area contributed by atoms with Gasteiger partial charge in [-0.05, 0) is 42.1 Å². The summed E-state index contributed by atoms with van der Waals surface area (Å²) in [5, 5.41) is 14.9. The Kier molecular flexibility index (Phi) is 5.08. The minimum absolute atomic E-state index is 0.126. The maximum absolute atomic E-state index is 12.4. The van der Waals surface area contributed by atoms with E-state index in [4.69, 9.17) is 11.6 Å². The minimum atomic E-state index is -0.126. The molecule has 3 aromatic heterocycles. The van der Waals surface area contributed by atoms with Crippen LogP contribution in [0.4, 0.5) is 5.69 Å². The lowest BCUT2D eigenvalue weighted by molar-refractivity contribution is -0.113. The zero-order chi connectivity index (χ0) is 19.0. The highest BCUT2D eigenvalue weighted by Gasteiger charge is 2.15. The van der Waals surface area contributed by atoms with Gasteiger partial charge in [-0.1, -0.05) is 36.4 Å². The van der Waals surface area contributed by atoms with Crippen molar-refractivity contribution in [1.82, 2.24) is 14.6 Å². The second-order valence-corrected chi connectivity index (χ2v) is 8.45. The highest BCUT2D eigenvalue weighted by atomic mass is 35.5. The van der Waals surface area contributed by atoms with Crippen molar-refractivity contribution in [2.45, 2.75) is 25.3 Å². The van der Waals surface area contributed by atoms with Crippen LogP contribution in [0.3, 0.4) is 0 Å². The van der Waals surface area contributed by atoms with E-state index < -0.39 is 0 Å². The van der Waals surface area contributed by atoms with Crippen LogP contribution in [0.15, 0.2) is 40.7 Å². The maximum Gasteiger partial charge on any atom is 0.234 e. The molecule has 4 aromatic rings. The van der Waals surface area contributed by atoms with Gasteiger partial charge in [0.25, 0.3) is 0 Å². The molecule has 0 aliphatic heterocycles. The van der Waals surface area contributed by atoms with E-state index in [-0.39, 0.29) is 11.7 Å². The van der Waals surface area contributed by atoms with E-state index in [0.29, 0.717) is 10.7 Å². The molecule has 0 bridgehead atoms. The molecule has 8 heteroatoms. The first-order chi connectivity index (χ1) is 13.1. The van der Waals surface area contributed by atoms with Gasteiger partial charge in [0.15, 0.2) is 0 Å². The zero-order valence-electron chi connectivity index (χ0n) is 14.8. The minimum Gasteiger partial charge on any atom is -0.324 e. The van der Waals surface area contributed by atoms with Crippen molar-refractivity contribution in [2.75, 3.05) is 11.1 Å². The number of thiophene rings is 1. The van der Waals surface area contributed by atoms with Gasteiger partial charge in [-0.15, -0.1) is 21.5 Å². The Hall–Kier alpha value is -2.09. The van der Waals surface area contributed by atoms with Crippen molar-refractivity contribution >= 4 is 62.0 Å². The van der Waals surface area contributed by atoms with Crippen molar-refractivity contribution in [1.29, 1.82) is 0 Å². The van der Waals surface area contributed by atoms with E-state index in [9.17, 15) is 4.79 Å². The van der Waals surface area contributed by atoms with Crippen molar-refractivity contribution in [3.05, 3.63) is 52.1 Å². The molecule has 138 valence electrons. The summed E-state index contributed by atoms with van der Waals surface area (Å²) in [5.41, 5.74) is 3.80. The molecule has 0 radical (unpaired) electrons. The Morgan fingerprint density at radius 3 is 2.89 bits per heavy atom. The zero-order valence-corrected chi connectivity index (χ0v) is 17.2. The molecule has 27 heavy (non-hydrogen) atoms. The van der Waals surface area contributed by atoms with Gasteiger partial charge in [-0.25, -0.2) is 0 Å². The molecule has 0 aliphatic rings. The lowest BCUT2D eigenvalue weighted by Crippen LogP contribution is -2.15. The van der Waals surface area contributed by atoms with E-state index >= 15 is 0 Å². The lowest BCUT2D eigenvalue weighted by atomic mass is 10.2. The molecular weight excluding hydrogens is 400 g/mol. The molecule has 3 heterocycles. The van der Waals surface area contributed by atoms with Gasteiger partial charge in [0.1, 0.15) is 10.9 Å². The first-order valence-corrected chi connectivity index (χ1v) is 10.7. The largest absolute Gasteiger partial charge is 0.324 e. The average Bonchev–Trinajstić information content (AvgIpc) is 3.23. The average molecular weight is 417 g/mol. The molecular formula is C19H17ClN4OS2. The topological polar surface area (TPSA) is 59.3 Å². The first-order valence-electron chi connectivity index (χ1n) is 8.50. The molecule has 1 amide bonds. The fourth-order valence-corrected chi connectivity index (χ4v) is 4.76. The maximum atomic E-state index is 12.4. The Labute approximate surface area is 169 Å². The number of hydrogen-bond acceptors (Lipinski definition) is 5. The van der Waals surface area contributed by atoms with Crippen LogP contribution < -0.4 is 5.32 Å². The molecule has 0 atom stereocenters. The molecule has 0 saturated carbocycles. The van der Waals surface area contributed by atoms with E-state index in [1.807, 2.05) is 25.1 Å². The Balaban J connectivity index is 1.56. The van der Waals surface area contributed by atoms with E-state index in [2.05, 4.69) is 44.4 Å². The standard InChI is InChI=1S/C19H17ClN4OS2/c1-3-17-22-23-19(15-9-16-14(24(15)17)6-7-26-16)27-10-18(25)21-13-5-4-11(2)8-12(13)20/h4-9H,3,10H2,1-2H3,(H,21,25). The molecule has 1 N–H and O–H groups in total. The number of carbonyl (C=O) groups is 1. The van der Waals surface area contributed by atoms with Gasteiger partial charge in [-0.3, -0.25) is 9.20 Å². The summed E-state index contributed by atoms with van der Waals surface area (Å²) < 4.78 is 3.33. The lowest BCUT2D eigenvalue weighted by Gasteiger charge is -2.09. The summed E-state index contributed by atoms with van der Waals surface area (Å²) >= 11 is 9.26. The summed E-state index contributed by atoms with van der Waals surface area (Å²) in [7, 11) is 0. The Morgan fingerprint density at radius 1 is 1.26 bits per heavy atom. The molecule has 4 rings (SSSR count). The molecule has 0 aliphatic carbocycles. The predicted octanol–water partition coefficient (Wildman–Crippen LogP) is 5.20. The first kappa shape index (κ1) is 18.3. The monoisotopic (exact) mass is 416 g/mol. The molecule has 0 saturated heterocycles. The number of rotatable bonds is 5. The number of aromatic nitrogens is 3. The van der Waals surface area contributed by atoms with Crippen LogP contribution >= 0.6 is 34.7 Å². The van der Waals surface area contributed by atoms with Gasteiger partial charge in [-0.2, -0.15) is 0 Å². The molecule has 0 unspecified atom stereocenters. The van der Waals surface area contributed by atoms with Gasteiger partial charge in [0, 0.05) is 6.42 Å². The van der Waals surface area contributed by atoms with Gasteiger partial charge < -0.3 is 5.32 Å². The number of aryl methyl sites for hydroxylation is 2. The van der Waals surface area contributed by atoms with E-state index in [1.54, 1.807) is 11.3 Å². The molecule has 1 aromatic carbocycles. The summed E-state index contributed by atoms with van der Waals surface area (Å²) in [4.78, 5) is 12.4.